The minimum atomic E-state index is -3.23. The third-order valence-corrected chi connectivity index (χ3v) is 5.06. The number of rotatable bonds is 6. The van der Waals surface area contributed by atoms with Gasteiger partial charge in [0, 0.05) is 11.7 Å². The van der Waals surface area contributed by atoms with Crippen LogP contribution in [0.3, 0.4) is 0 Å². The van der Waals surface area contributed by atoms with Crippen LogP contribution in [0.25, 0.3) is 0 Å². The number of sulfonamides is 1. The lowest BCUT2D eigenvalue weighted by atomic mass is 9.97. The van der Waals surface area contributed by atoms with Crippen molar-refractivity contribution in [2.45, 2.75) is 25.3 Å². The molecule has 1 fully saturated rings. The van der Waals surface area contributed by atoms with Crippen LogP contribution < -0.4 is 4.72 Å². The fourth-order valence-electron chi connectivity index (χ4n) is 3.34. The largest absolute Gasteiger partial charge is 0.296 e. The summed E-state index contributed by atoms with van der Waals surface area (Å²) in [5.74, 6) is 0. The summed E-state index contributed by atoms with van der Waals surface area (Å²) in [6.07, 6.45) is 4.64. The quantitative estimate of drug-likeness (QED) is 0.873. The molecule has 2 aromatic carbocycles. The zero-order valence-electron chi connectivity index (χ0n) is 14.0. The Morgan fingerprint density at radius 1 is 1.00 bits per heavy atom. The molecule has 0 aliphatic carbocycles. The number of benzene rings is 2. The van der Waals surface area contributed by atoms with Crippen molar-refractivity contribution >= 4 is 15.7 Å². The molecule has 1 saturated heterocycles. The van der Waals surface area contributed by atoms with E-state index in [1.54, 1.807) is 0 Å². The molecular weight excluding hydrogens is 320 g/mol. The highest BCUT2D eigenvalue weighted by Crippen LogP contribution is 2.29. The predicted octanol–water partition coefficient (Wildman–Crippen LogP) is 3.44. The maximum absolute atomic E-state index is 11.4. The van der Waals surface area contributed by atoms with Crippen molar-refractivity contribution in [1.29, 1.82) is 0 Å². The molecule has 1 unspecified atom stereocenters. The van der Waals surface area contributed by atoms with Crippen molar-refractivity contribution in [2.75, 3.05) is 24.1 Å². The van der Waals surface area contributed by atoms with Gasteiger partial charge in [0.2, 0.25) is 10.0 Å². The summed E-state index contributed by atoms with van der Waals surface area (Å²) in [7, 11) is -3.23. The summed E-state index contributed by atoms with van der Waals surface area (Å²) in [6.45, 7) is 2.25. The number of hydrogen-bond acceptors (Lipinski definition) is 3. The van der Waals surface area contributed by atoms with Gasteiger partial charge in [-0.2, -0.15) is 0 Å². The Hall–Kier alpha value is -1.85. The van der Waals surface area contributed by atoms with Crippen LogP contribution in [0.5, 0.6) is 0 Å². The Balaban J connectivity index is 1.82. The van der Waals surface area contributed by atoms with Crippen molar-refractivity contribution in [3.63, 3.8) is 0 Å². The van der Waals surface area contributed by atoms with Crippen LogP contribution in [-0.2, 0) is 16.4 Å². The third-order valence-electron chi connectivity index (χ3n) is 4.45. The van der Waals surface area contributed by atoms with Gasteiger partial charge in [-0.1, -0.05) is 42.5 Å². The highest BCUT2D eigenvalue weighted by Gasteiger charge is 2.23. The van der Waals surface area contributed by atoms with Gasteiger partial charge < -0.3 is 0 Å². The molecule has 0 saturated carbocycles. The van der Waals surface area contributed by atoms with Crippen LogP contribution in [0.2, 0.25) is 0 Å². The Morgan fingerprint density at radius 2 is 1.62 bits per heavy atom. The molecule has 1 aliphatic rings. The van der Waals surface area contributed by atoms with Crippen LogP contribution >= 0.6 is 0 Å². The summed E-state index contributed by atoms with van der Waals surface area (Å²) in [6, 6.07) is 18.7. The summed E-state index contributed by atoms with van der Waals surface area (Å²) >= 11 is 0. The van der Waals surface area contributed by atoms with Crippen LogP contribution in [-0.4, -0.2) is 32.7 Å². The highest BCUT2D eigenvalue weighted by molar-refractivity contribution is 7.92. The van der Waals surface area contributed by atoms with Gasteiger partial charge in [0.15, 0.2) is 0 Å². The fraction of sp³-hybridized carbons (Fsp3) is 0.368. The molecule has 0 radical (unpaired) electrons. The Bertz CT molecular complexity index is 752. The first kappa shape index (κ1) is 17.0. The molecule has 5 heteroatoms. The number of likely N-dealkylation sites (tertiary alicyclic amines) is 1. The predicted molar refractivity (Wildman–Crippen MR) is 98.6 cm³/mol. The van der Waals surface area contributed by atoms with Crippen molar-refractivity contribution < 1.29 is 8.42 Å². The fourth-order valence-corrected chi connectivity index (χ4v) is 3.90. The van der Waals surface area contributed by atoms with E-state index in [1.165, 1.54) is 30.2 Å². The lowest BCUT2D eigenvalue weighted by Crippen LogP contribution is -2.27. The first-order valence-electron chi connectivity index (χ1n) is 8.37. The summed E-state index contributed by atoms with van der Waals surface area (Å²) < 4.78 is 25.2. The minimum Gasteiger partial charge on any atom is -0.296 e. The van der Waals surface area contributed by atoms with Gasteiger partial charge in [-0.3, -0.25) is 9.62 Å². The van der Waals surface area contributed by atoms with Crippen molar-refractivity contribution in [3.8, 4) is 0 Å². The van der Waals surface area contributed by atoms with Crippen LogP contribution in [0, 0.1) is 0 Å². The van der Waals surface area contributed by atoms with E-state index in [1.807, 2.05) is 30.3 Å². The number of hydrogen-bond donors (Lipinski definition) is 1. The van der Waals surface area contributed by atoms with Gasteiger partial charge in [-0.15, -0.1) is 0 Å². The van der Waals surface area contributed by atoms with Gasteiger partial charge in [0.25, 0.3) is 0 Å². The average Bonchev–Trinajstić information content (AvgIpc) is 3.07. The Kier molecular flexibility index (Phi) is 5.21. The van der Waals surface area contributed by atoms with E-state index in [4.69, 9.17) is 0 Å². The lowest BCUT2D eigenvalue weighted by molar-refractivity contribution is 0.244. The SMILES string of the molecule is CS(=O)(=O)Nc1ccc(C(Cc2ccccc2)N2CCCC2)cc1. The van der Waals surface area contributed by atoms with E-state index in [-0.39, 0.29) is 0 Å². The second kappa shape index (κ2) is 7.36. The van der Waals surface area contributed by atoms with E-state index in [0.717, 1.165) is 19.5 Å². The molecule has 1 heterocycles. The average molecular weight is 344 g/mol. The zero-order chi connectivity index (χ0) is 17.0. The van der Waals surface area contributed by atoms with Gasteiger partial charge in [0.05, 0.1) is 6.26 Å². The molecule has 24 heavy (non-hydrogen) atoms. The van der Waals surface area contributed by atoms with Crippen LogP contribution in [0.15, 0.2) is 54.6 Å². The lowest BCUT2D eigenvalue weighted by Gasteiger charge is -2.28. The summed E-state index contributed by atoms with van der Waals surface area (Å²) in [5.41, 5.74) is 3.17. The van der Waals surface area contributed by atoms with Gasteiger partial charge in [-0.05, 0) is 55.6 Å². The molecule has 3 rings (SSSR count). The molecular formula is C19H24N2O2S. The molecule has 1 atom stereocenters. The summed E-state index contributed by atoms with van der Waals surface area (Å²) in [5, 5.41) is 0. The molecule has 0 bridgehead atoms. The first-order chi connectivity index (χ1) is 11.5. The first-order valence-corrected chi connectivity index (χ1v) is 10.3. The van der Waals surface area contributed by atoms with Gasteiger partial charge in [0.1, 0.15) is 0 Å². The molecule has 2 aromatic rings. The smallest absolute Gasteiger partial charge is 0.229 e. The molecule has 1 aliphatic heterocycles. The molecule has 128 valence electrons. The summed E-state index contributed by atoms with van der Waals surface area (Å²) in [4.78, 5) is 2.53. The van der Waals surface area contributed by atoms with Crippen molar-refractivity contribution in [1.82, 2.24) is 4.90 Å². The maximum atomic E-state index is 11.4. The minimum absolute atomic E-state index is 0.335. The van der Waals surface area contributed by atoms with E-state index < -0.39 is 10.0 Å². The zero-order valence-corrected chi connectivity index (χ0v) is 14.8. The molecule has 0 spiro atoms. The molecule has 0 aromatic heterocycles. The van der Waals surface area contributed by atoms with E-state index in [9.17, 15) is 8.42 Å². The maximum Gasteiger partial charge on any atom is 0.229 e. The van der Waals surface area contributed by atoms with Crippen LogP contribution in [0.1, 0.15) is 30.0 Å². The van der Waals surface area contributed by atoms with E-state index in [2.05, 4.69) is 33.9 Å². The topological polar surface area (TPSA) is 49.4 Å². The monoisotopic (exact) mass is 344 g/mol. The van der Waals surface area contributed by atoms with Gasteiger partial charge >= 0.3 is 0 Å². The highest BCUT2D eigenvalue weighted by atomic mass is 32.2. The second-order valence-corrected chi connectivity index (χ2v) is 8.19. The molecule has 0 amide bonds. The van der Waals surface area contributed by atoms with E-state index in [0.29, 0.717) is 11.7 Å². The third kappa shape index (κ3) is 4.58. The normalized spacial score (nSPS) is 16.9. The molecule has 4 nitrogen and oxygen atoms in total. The van der Waals surface area contributed by atoms with E-state index >= 15 is 0 Å². The number of nitrogens with zero attached hydrogens (tertiary/aromatic N) is 1. The van der Waals surface area contributed by atoms with Gasteiger partial charge in [-0.25, -0.2) is 8.42 Å². The Labute approximate surface area is 144 Å². The molecule has 1 N–H and O–H groups in total. The number of nitrogens with one attached hydrogen (secondary N) is 1. The standard InChI is InChI=1S/C19H24N2O2S/c1-24(22,23)20-18-11-9-17(10-12-18)19(21-13-5-6-14-21)15-16-7-3-2-4-8-16/h2-4,7-12,19-20H,5-6,13-15H2,1H3. The van der Waals surface area contributed by atoms with Crippen molar-refractivity contribution in [2.24, 2.45) is 0 Å². The second-order valence-electron chi connectivity index (χ2n) is 6.44. The Morgan fingerprint density at radius 3 is 2.21 bits per heavy atom. The number of anilines is 1. The van der Waals surface area contributed by atoms with Crippen molar-refractivity contribution in [3.05, 3.63) is 65.7 Å². The van der Waals surface area contributed by atoms with Crippen LogP contribution in [0.4, 0.5) is 5.69 Å².